The zero-order valence-corrected chi connectivity index (χ0v) is 11.7. The van der Waals surface area contributed by atoms with Crippen molar-refractivity contribution in [3.63, 3.8) is 0 Å². The first-order valence-corrected chi connectivity index (χ1v) is 7.29. The van der Waals surface area contributed by atoms with Gasteiger partial charge in [0.15, 0.2) is 0 Å². The normalized spacial score (nSPS) is 11.1. The molecule has 0 spiro atoms. The van der Waals surface area contributed by atoms with Gasteiger partial charge >= 0.3 is 5.89 Å². The molecule has 0 atom stereocenters. The fourth-order valence-corrected chi connectivity index (χ4v) is 1.74. The zero-order chi connectivity index (χ0) is 14.3. The summed E-state index contributed by atoms with van der Waals surface area (Å²) in [4.78, 5) is 3.23. The van der Waals surface area contributed by atoms with Crippen LogP contribution in [0.4, 0.5) is 0 Å². The molecule has 0 unspecified atom stereocenters. The van der Waals surface area contributed by atoms with Crippen LogP contribution < -0.4 is 4.98 Å². The summed E-state index contributed by atoms with van der Waals surface area (Å²) in [6.07, 6.45) is 2.09. The molecule has 0 radical (unpaired) electrons. The lowest BCUT2D eigenvalue weighted by atomic mass is 10.3. The van der Waals surface area contributed by atoms with E-state index in [9.17, 15) is 13.0 Å². The Morgan fingerprint density at radius 1 is 1.32 bits per heavy atom. The van der Waals surface area contributed by atoms with Crippen LogP contribution in [0, 0.1) is 0 Å². The van der Waals surface area contributed by atoms with Crippen LogP contribution in [-0.2, 0) is 21.0 Å². The van der Waals surface area contributed by atoms with Crippen LogP contribution in [0.1, 0.15) is 26.2 Å². The Balaban J connectivity index is 0.000000224. The van der Waals surface area contributed by atoms with Crippen LogP contribution in [0.25, 0.3) is 11.1 Å². The molecule has 0 aliphatic rings. The predicted molar refractivity (Wildman–Crippen MR) is 68.1 cm³/mol. The maximum Gasteiger partial charge on any atom is 0.346 e. The molecule has 2 aromatic rings. The van der Waals surface area contributed by atoms with Gasteiger partial charge in [0.1, 0.15) is 0 Å². The van der Waals surface area contributed by atoms with Crippen LogP contribution in [-0.4, -0.2) is 19.6 Å². The molecule has 0 saturated carbocycles. The summed E-state index contributed by atoms with van der Waals surface area (Å²) >= 11 is 0. The van der Waals surface area contributed by atoms with E-state index in [0.717, 1.165) is 29.8 Å². The second kappa shape index (κ2) is 7.22. The van der Waals surface area contributed by atoms with Gasteiger partial charge in [0.2, 0.25) is 21.5 Å². The summed E-state index contributed by atoms with van der Waals surface area (Å²) in [7, 11) is -4.42. The lowest BCUT2D eigenvalue weighted by molar-refractivity contribution is -0.368. The van der Waals surface area contributed by atoms with E-state index in [0.29, 0.717) is 0 Å². The smallest absolute Gasteiger partial charge is 0.346 e. The number of hydrogen-bond donors (Lipinski definition) is 0. The Hall–Kier alpha value is -1.44. The van der Waals surface area contributed by atoms with Gasteiger partial charge in [-0.05, 0) is 19.4 Å². The van der Waals surface area contributed by atoms with Crippen LogP contribution >= 0.6 is 0 Å². The van der Waals surface area contributed by atoms with Gasteiger partial charge in [-0.2, -0.15) is 4.98 Å². The third-order valence-corrected chi connectivity index (χ3v) is 2.66. The highest BCUT2D eigenvalue weighted by Crippen LogP contribution is 2.11. The van der Waals surface area contributed by atoms with Crippen molar-refractivity contribution in [1.82, 2.24) is 0 Å². The molecule has 1 aromatic carbocycles. The maximum atomic E-state index is 9.45. The van der Waals surface area contributed by atoms with Gasteiger partial charge in [-0.25, -0.2) is 8.42 Å². The van der Waals surface area contributed by atoms with Crippen LogP contribution in [0.15, 0.2) is 28.7 Å². The van der Waals surface area contributed by atoms with E-state index in [-0.39, 0.29) is 6.61 Å². The standard InChI is InChI=1S/C10H11NO.C2H6O4S/c1-2-5-10-11-8-6-3-4-7-9(8)12-10;1-2-6-7(3,4)5/h3-4,6-7H,2,5H2,1H3;2H2,1H3,(H,3,4,5). The quantitative estimate of drug-likeness (QED) is 0.630. The van der Waals surface area contributed by atoms with Gasteiger partial charge < -0.3 is 8.97 Å². The number of rotatable bonds is 4. The molecule has 0 fully saturated rings. The Labute approximate surface area is 112 Å². The minimum absolute atomic E-state index is 0.0914. The minimum Gasteiger partial charge on any atom is -0.726 e. The first-order chi connectivity index (χ1) is 8.96. The van der Waals surface area contributed by atoms with Crippen molar-refractivity contribution in [2.45, 2.75) is 26.7 Å². The second-order valence-electron chi connectivity index (χ2n) is 3.71. The molecule has 2 rings (SSSR count). The summed E-state index contributed by atoms with van der Waals surface area (Å²) in [6, 6.07) is 7.99. The Morgan fingerprint density at radius 2 is 2.00 bits per heavy atom. The van der Waals surface area contributed by atoms with Crippen molar-refractivity contribution in [2.75, 3.05) is 6.61 Å². The highest BCUT2D eigenvalue weighted by molar-refractivity contribution is 7.80. The van der Waals surface area contributed by atoms with Crippen LogP contribution in [0.5, 0.6) is 0 Å². The number of aryl methyl sites for hydroxylation is 1. The SMILES string of the molecule is CCCc1[nH+]c2ccccc2o1.CCOS(=O)(=O)[O-]. The average Bonchev–Trinajstić information content (AvgIpc) is 2.71. The van der Waals surface area contributed by atoms with Gasteiger partial charge in [-0.15, -0.1) is 0 Å². The third-order valence-electron chi connectivity index (χ3n) is 2.13. The molecule has 1 N–H and O–H groups in total. The Kier molecular flexibility index (Phi) is 5.94. The maximum absolute atomic E-state index is 9.45. The van der Waals surface area contributed by atoms with Crippen molar-refractivity contribution in [1.29, 1.82) is 0 Å². The van der Waals surface area contributed by atoms with Crippen LogP contribution in [0.2, 0.25) is 0 Å². The van der Waals surface area contributed by atoms with Crippen molar-refractivity contribution in [3.8, 4) is 0 Å². The molecule has 1 heterocycles. The highest BCUT2D eigenvalue weighted by atomic mass is 32.3. The van der Waals surface area contributed by atoms with Crippen molar-refractivity contribution in [2.24, 2.45) is 0 Å². The zero-order valence-electron chi connectivity index (χ0n) is 10.9. The number of H-pyrrole nitrogens is 1. The summed E-state index contributed by atoms with van der Waals surface area (Å²) in [5.41, 5.74) is 2.03. The molecule has 0 amide bonds. The number of fused-ring (bicyclic) bond motifs is 1. The van der Waals surface area contributed by atoms with Crippen LogP contribution in [0.3, 0.4) is 0 Å². The highest BCUT2D eigenvalue weighted by Gasteiger charge is 2.09. The van der Waals surface area contributed by atoms with Gasteiger partial charge in [-0.3, -0.25) is 4.18 Å². The van der Waals surface area contributed by atoms with E-state index in [1.807, 2.05) is 24.3 Å². The monoisotopic (exact) mass is 287 g/mol. The summed E-state index contributed by atoms with van der Waals surface area (Å²) < 4.78 is 37.6. The molecular weight excluding hydrogens is 270 g/mol. The predicted octanol–water partition coefficient (Wildman–Crippen LogP) is 1.68. The molecule has 7 heteroatoms. The number of aromatic nitrogens is 1. The second-order valence-corrected chi connectivity index (χ2v) is 4.76. The number of oxazole rings is 1. The van der Waals surface area contributed by atoms with Crippen molar-refractivity contribution < 1.29 is 26.6 Å². The molecule has 1 aromatic heterocycles. The Morgan fingerprint density at radius 3 is 2.47 bits per heavy atom. The summed E-state index contributed by atoms with van der Waals surface area (Å²) in [5, 5.41) is 0. The molecule has 0 aliphatic carbocycles. The van der Waals surface area contributed by atoms with E-state index in [4.69, 9.17) is 4.42 Å². The molecule has 0 aliphatic heterocycles. The minimum atomic E-state index is -4.42. The molecule has 0 bridgehead atoms. The van der Waals surface area contributed by atoms with Gasteiger partial charge in [0.25, 0.3) is 0 Å². The van der Waals surface area contributed by atoms with E-state index in [1.165, 1.54) is 6.92 Å². The molecule has 19 heavy (non-hydrogen) atoms. The summed E-state index contributed by atoms with van der Waals surface area (Å²) in [5.74, 6) is 0.971. The number of benzene rings is 1. The van der Waals surface area contributed by atoms with Crippen molar-refractivity contribution >= 4 is 21.5 Å². The first kappa shape index (κ1) is 15.6. The molecular formula is C12H17NO5S. The fourth-order valence-electron chi connectivity index (χ4n) is 1.45. The van der Waals surface area contributed by atoms with Gasteiger partial charge in [-0.1, -0.05) is 19.1 Å². The Bertz CT molecular complexity index is 572. The number of nitrogens with one attached hydrogen (secondary N) is 1. The van der Waals surface area contributed by atoms with E-state index < -0.39 is 10.4 Å². The van der Waals surface area contributed by atoms with E-state index in [2.05, 4.69) is 16.1 Å². The van der Waals surface area contributed by atoms with Gasteiger partial charge in [0.05, 0.1) is 13.0 Å². The molecule has 6 nitrogen and oxygen atoms in total. The number of hydrogen-bond acceptors (Lipinski definition) is 5. The average molecular weight is 287 g/mol. The van der Waals surface area contributed by atoms with E-state index in [1.54, 1.807) is 0 Å². The fraction of sp³-hybridized carbons (Fsp3) is 0.417. The summed E-state index contributed by atoms with van der Waals surface area (Å²) in [6.45, 7) is 3.47. The van der Waals surface area contributed by atoms with E-state index >= 15 is 0 Å². The topological polar surface area (TPSA) is 93.7 Å². The third kappa shape index (κ3) is 5.82. The molecule has 0 saturated heterocycles. The largest absolute Gasteiger partial charge is 0.726 e. The first-order valence-electron chi connectivity index (χ1n) is 5.96. The van der Waals surface area contributed by atoms with Crippen molar-refractivity contribution in [3.05, 3.63) is 30.2 Å². The number of aromatic amines is 1. The lowest BCUT2D eigenvalue weighted by Crippen LogP contribution is -2.04. The molecule has 106 valence electrons. The number of para-hydroxylation sites is 2. The van der Waals surface area contributed by atoms with Gasteiger partial charge in [0, 0.05) is 6.07 Å². The lowest BCUT2D eigenvalue weighted by Gasteiger charge is -2.02.